The average molecular weight is 277 g/mol. The molecule has 0 bridgehead atoms. The summed E-state index contributed by atoms with van der Waals surface area (Å²) in [5, 5.41) is 3.05. The third-order valence-corrected chi connectivity index (χ3v) is 3.13. The standard InChI is InChI=1S/C12H11N3O3S/c1-18-10(16)6-8-7-14-12(19-8)15-11(17)9-4-2-3-5-13-9/h2-5,7H,6H2,1H3,(H,14,15,17). The van der Waals surface area contributed by atoms with Crippen molar-refractivity contribution in [3.8, 4) is 0 Å². The Morgan fingerprint density at radius 1 is 1.37 bits per heavy atom. The smallest absolute Gasteiger partial charge is 0.310 e. The molecule has 0 aliphatic heterocycles. The van der Waals surface area contributed by atoms with Gasteiger partial charge in [0, 0.05) is 17.3 Å². The minimum atomic E-state index is -0.341. The van der Waals surface area contributed by atoms with Crippen LogP contribution in [-0.2, 0) is 16.0 Å². The first kappa shape index (κ1) is 13.2. The number of hydrogen-bond acceptors (Lipinski definition) is 6. The Morgan fingerprint density at radius 3 is 2.89 bits per heavy atom. The molecule has 0 saturated heterocycles. The van der Waals surface area contributed by atoms with E-state index in [1.165, 1.54) is 24.6 Å². The number of aromatic nitrogens is 2. The molecule has 0 aliphatic carbocycles. The molecule has 0 fully saturated rings. The van der Waals surface area contributed by atoms with Crippen molar-refractivity contribution >= 4 is 28.3 Å². The number of hydrogen-bond donors (Lipinski definition) is 1. The Bertz CT molecular complexity index is 583. The Morgan fingerprint density at radius 2 is 2.21 bits per heavy atom. The number of thiazole rings is 1. The first-order valence-corrected chi connectivity index (χ1v) is 6.24. The van der Waals surface area contributed by atoms with E-state index in [2.05, 4.69) is 20.0 Å². The van der Waals surface area contributed by atoms with Gasteiger partial charge in [0.1, 0.15) is 5.69 Å². The van der Waals surface area contributed by atoms with E-state index < -0.39 is 0 Å². The second-order valence-corrected chi connectivity index (χ2v) is 4.67. The van der Waals surface area contributed by atoms with Gasteiger partial charge in [-0.25, -0.2) is 4.98 Å². The molecule has 2 aromatic rings. The average Bonchev–Trinajstić information content (AvgIpc) is 2.86. The summed E-state index contributed by atoms with van der Waals surface area (Å²) in [5.41, 5.74) is 0.312. The summed E-state index contributed by atoms with van der Waals surface area (Å²) in [4.78, 5) is 31.6. The first-order valence-electron chi connectivity index (χ1n) is 5.43. The molecule has 1 amide bonds. The minimum absolute atomic E-state index is 0.146. The van der Waals surface area contributed by atoms with E-state index in [0.29, 0.717) is 10.8 Å². The minimum Gasteiger partial charge on any atom is -0.469 e. The van der Waals surface area contributed by atoms with Gasteiger partial charge in [-0.15, -0.1) is 11.3 Å². The number of nitrogens with zero attached hydrogens (tertiary/aromatic N) is 2. The molecule has 0 spiro atoms. The van der Waals surface area contributed by atoms with Crippen LogP contribution < -0.4 is 5.32 Å². The van der Waals surface area contributed by atoms with Gasteiger partial charge in [0.05, 0.1) is 13.5 Å². The second-order valence-electron chi connectivity index (χ2n) is 3.55. The summed E-state index contributed by atoms with van der Waals surface area (Å²) in [7, 11) is 1.33. The number of carbonyl (C=O) groups is 2. The second kappa shape index (κ2) is 6.05. The van der Waals surface area contributed by atoms with Crippen LogP contribution >= 0.6 is 11.3 Å². The van der Waals surface area contributed by atoms with Crippen LogP contribution in [0, 0.1) is 0 Å². The summed E-state index contributed by atoms with van der Waals surface area (Å²) < 4.78 is 4.56. The highest BCUT2D eigenvalue weighted by Crippen LogP contribution is 2.19. The molecule has 2 aromatic heterocycles. The Balaban J connectivity index is 2.00. The summed E-state index contributed by atoms with van der Waals surface area (Å²) in [6.45, 7) is 0. The molecule has 0 radical (unpaired) electrons. The molecule has 2 heterocycles. The quantitative estimate of drug-likeness (QED) is 0.857. The van der Waals surface area contributed by atoms with Crippen molar-refractivity contribution < 1.29 is 14.3 Å². The fraction of sp³-hybridized carbons (Fsp3) is 0.167. The SMILES string of the molecule is COC(=O)Cc1cnc(NC(=O)c2ccccn2)s1. The zero-order valence-electron chi connectivity index (χ0n) is 10.1. The van der Waals surface area contributed by atoms with Crippen molar-refractivity contribution in [2.24, 2.45) is 0 Å². The van der Waals surface area contributed by atoms with Crippen molar-refractivity contribution in [2.45, 2.75) is 6.42 Å². The fourth-order valence-electron chi connectivity index (χ4n) is 1.32. The normalized spacial score (nSPS) is 9.95. The lowest BCUT2D eigenvalue weighted by molar-refractivity contribution is -0.139. The molecular formula is C12H11N3O3S. The number of ether oxygens (including phenoxy) is 1. The van der Waals surface area contributed by atoms with Crippen molar-refractivity contribution in [3.63, 3.8) is 0 Å². The predicted molar refractivity (Wildman–Crippen MR) is 70.0 cm³/mol. The van der Waals surface area contributed by atoms with E-state index in [-0.39, 0.29) is 18.3 Å². The number of carbonyl (C=O) groups excluding carboxylic acids is 2. The number of pyridine rings is 1. The van der Waals surface area contributed by atoms with Crippen LogP contribution in [0.25, 0.3) is 0 Å². The molecular weight excluding hydrogens is 266 g/mol. The number of methoxy groups -OCH3 is 1. The number of anilines is 1. The van der Waals surface area contributed by atoms with Crippen LogP contribution in [0.2, 0.25) is 0 Å². The van der Waals surface area contributed by atoms with E-state index in [9.17, 15) is 9.59 Å². The highest BCUT2D eigenvalue weighted by molar-refractivity contribution is 7.15. The van der Waals surface area contributed by atoms with Crippen molar-refractivity contribution in [1.29, 1.82) is 0 Å². The molecule has 0 aromatic carbocycles. The molecule has 0 unspecified atom stereocenters. The van der Waals surface area contributed by atoms with Gasteiger partial charge in [-0.2, -0.15) is 0 Å². The molecule has 1 N–H and O–H groups in total. The molecule has 98 valence electrons. The molecule has 0 aliphatic rings. The monoisotopic (exact) mass is 277 g/mol. The summed E-state index contributed by atoms with van der Waals surface area (Å²) >= 11 is 1.23. The van der Waals surface area contributed by atoms with E-state index >= 15 is 0 Å². The predicted octanol–water partition coefficient (Wildman–Crippen LogP) is 1.51. The lowest BCUT2D eigenvalue weighted by atomic mass is 10.3. The highest BCUT2D eigenvalue weighted by Gasteiger charge is 2.11. The molecule has 7 heteroatoms. The highest BCUT2D eigenvalue weighted by atomic mass is 32.1. The third-order valence-electron chi connectivity index (χ3n) is 2.22. The third kappa shape index (κ3) is 3.59. The van der Waals surface area contributed by atoms with Gasteiger partial charge in [0.25, 0.3) is 5.91 Å². The fourth-order valence-corrected chi connectivity index (χ4v) is 2.11. The van der Waals surface area contributed by atoms with Crippen LogP contribution in [0.5, 0.6) is 0 Å². The summed E-state index contributed by atoms with van der Waals surface area (Å²) in [6.07, 6.45) is 3.22. The van der Waals surface area contributed by atoms with Gasteiger partial charge >= 0.3 is 5.97 Å². The van der Waals surface area contributed by atoms with E-state index in [4.69, 9.17) is 0 Å². The maximum atomic E-state index is 11.8. The number of rotatable bonds is 4. The van der Waals surface area contributed by atoms with Crippen molar-refractivity contribution in [3.05, 3.63) is 41.2 Å². The van der Waals surface area contributed by atoms with Crippen LogP contribution in [0.15, 0.2) is 30.6 Å². The molecule has 2 rings (SSSR count). The maximum Gasteiger partial charge on any atom is 0.310 e. The summed E-state index contributed by atoms with van der Waals surface area (Å²) in [6, 6.07) is 5.07. The molecule has 0 saturated carbocycles. The zero-order chi connectivity index (χ0) is 13.7. The van der Waals surface area contributed by atoms with E-state index in [0.717, 1.165) is 4.88 Å². The van der Waals surface area contributed by atoms with Crippen molar-refractivity contribution in [2.75, 3.05) is 12.4 Å². The number of nitrogens with one attached hydrogen (secondary N) is 1. The topological polar surface area (TPSA) is 81.2 Å². The largest absolute Gasteiger partial charge is 0.469 e. The molecule has 6 nitrogen and oxygen atoms in total. The Labute approximate surface area is 113 Å². The van der Waals surface area contributed by atoms with Crippen LogP contribution in [0.4, 0.5) is 5.13 Å². The van der Waals surface area contributed by atoms with Crippen LogP contribution in [-0.4, -0.2) is 29.0 Å². The summed E-state index contributed by atoms with van der Waals surface area (Å²) in [5.74, 6) is -0.675. The maximum absolute atomic E-state index is 11.8. The molecule has 19 heavy (non-hydrogen) atoms. The number of esters is 1. The zero-order valence-corrected chi connectivity index (χ0v) is 10.9. The van der Waals surface area contributed by atoms with Gasteiger partial charge in [-0.05, 0) is 12.1 Å². The first-order chi connectivity index (χ1) is 9.19. The lowest BCUT2D eigenvalue weighted by Crippen LogP contribution is -2.12. The van der Waals surface area contributed by atoms with Crippen molar-refractivity contribution in [1.82, 2.24) is 9.97 Å². The molecule has 0 atom stereocenters. The van der Waals surface area contributed by atoms with Gasteiger partial charge < -0.3 is 4.74 Å². The van der Waals surface area contributed by atoms with E-state index in [1.807, 2.05) is 0 Å². The van der Waals surface area contributed by atoms with E-state index in [1.54, 1.807) is 24.4 Å². The van der Waals surface area contributed by atoms with Crippen LogP contribution in [0.3, 0.4) is 0 Å². The lowest BCUT2D eigenvalue weighted by Gasteiger charge is -1.99. The Kier molecular flexibility index (Phi) is 4.19. The van der Waals surface area contributed by atoms with Gasteiger partial charge in [0.2, 0.25) is 0 Å². The number of amides is 1. The Hall–Kier alpha value is -2.28. The van der Waals surface area contributed by atoms with Gasteiger partial charge in [-0.1, -0.05) is 6.07 Å². The van der Waals surface area contributed by atoms with Crippen LogP contribution in [0.1, 0.15) is 15.4 Å². The van der Waals surface area contributed by atoms with Gasteiger partial charge in [0.15, 0.2) is 5.13 Å². The van der Waals surface area contributed by atoms with Gasteiger partial charge in [-0.3, -0.25) is 19.9 Å².